The number of carbonyl (C=O) groups is 3. The Morgan fingerprint density at radius 1 is 1.19 bits per heavy atom. The Bertz CT molecular complexity index is 929. The number of carbonyl (C=O) groups excluding carboxylic acids is 3. The van der Waals surface area contributed by atoms with E-state index in [1.807, 2.05) is 0 Å². The van der Waals surface area contributed by atoms with E-state index in [9.17, 15) is 18.8 Å². The van der Waals surface area contributed by atoms with Crippen LogP contribution in [0, 0.1) is 11.7 Å². The van der Waals surface area contributed by atoms with E-state index in [1.54, 1.807) is 36.4 Å². The maximum Gasteiger partial charge on any atom is 0.335 e. The van der Waals surface area contributed by atoms with Crippen LogP contribution in [0.4, 0.5) is 14.9 Å². The predicted octanol–water partition coefficient (Wildman–Crippen LogP) is 2.30. The number of nitrogens with one attached hydrogen (secondary N) is 1. The van der Waals surface area contributed by atoms with Crippen molar-refractivity contribution in [1.82, 2.24) is 5.32 Å². The zero-order valence-corrected chi connectivity index (χ0v) is 14.4. The summed E-state index contributed by atoms with van der Waals surface area (Å²) in [7, 11) is 1.46. The molecule has 1 atom stereocenters. The Hall–Kier alpha value is -3.55. The highest BCUT2D eigenvalue weighted by Crippen LogP contribution is 2.24. The highest BCUT2D eigenvalue weighted by Gasteiger charge is 2.40. The van der Waals surface area contributed by atoms with Crippen LogP contribution in [-0.2, 0) is 16.1 Å². The third-order valence-electron chi connectivity index (χ3n) is 3.99. The van der Waals surface area contributed by atoms with Gasteiger partial charge in [0.25, 0.3) is 5.91 Å². The second-order valence-electron chi connectivity index (χ2n) is 5.73. The van der Waals surface area contributed by atoms with E-state index in [1.165, 1.54) is 19.2 Å². The topological polar surface area (TPSA) is 88.1 Å². The third kappa shape index (κ3) is 3.84. The van der Waals surface area contributed by atoms with Gasteiger partial charge in [-0.1, -0.05) is 24.3 Å². The SMILES string of the molecule is COc1cccc(N2C(=O)NC(=O)[C@H](C=NCc3ccccc3F)C2=O)c1. The fourth-order valence-corrected chi connectivity index (χ4v) is 2.60. The van der Waals surface area contributed by atoms with Gasteiger partial charge >= 0.3 is 6.03 Å². The molecule has 0 aromatic heterocycles. The molecule has 0 spiro atoms. The summed E-state index contributed by atoms with van der Waals surface area (Å²) < 4.78 is 18.7. The molecule has 2 aromatic carbocycles. The molecule has 0 bridgehead atoms. The Kier molecular flexibility index (Phi) is 5.25. The average molecular weight is 369 g/mol. The van der Waals surface area contributed by atoms with Gasteiger partial charge < -0.3 is 4.74 Å². The molecule has 2 aromatic rings. The highest BCUT2D eigenvalue weighted by atomic mass is 19.1. The first-order valence-electron chi connectivity index (χ1n) is 8.07. The number of urea groups is 1. The van der Waals surface area contributed by atoms with Gasteiger partial charge in [-0.15, -0.1) is 0 Å². The molecule has 138 valence electrons. The van der Waals surface area contributed by atoms with Crippen molar-refractivity contribution in [2.75, 3.05) is 12.0 Å². The lowest BCUT2D eigenvalue weighted by Gasteiger charge is -2.28. The van der Waals surface area contributed by atoms with Crippen LogP contribution in [0.3, 0.4) is 0 Å². The number of hydrogen-bond donors (Lipinski definition) is 1. The van der Waals surface area contributed by atoms with Crippen molar-refractivity contribution in [3.05, 3.63) is 59.9 Å². The van der Waals surface area contributed by atoms with Crippen LogP contribution in [0.1, 0.15) is 5.56 Å². The monoisotopic (exact) mass is 369 g/mol. The summed E-state index contributed by atoms with van der Waals surface area (Å²) >= 11 is 0. The van der Waals surface area contributed by atoms with Crippen LogP contribution in [-0.4, -0.2) is 31.2 Å². The van der Waals surface area contributed by atoms with Crippen molar-refractivity contribution in [3.8, 4) is 5.75 Å². The minimum absolute atomic E-state index is 0.0309. The van der Waals surface area contributed by atoms with Crippen molar-refractivity contribution in [3.63, 3.8) is 0 Å². The van der Waals surface area contributed by atoms with Crippen LogP contribution in [0.2, 0.25) is 0 Å². The quantitative estimate of drug-likeness (QED) is 0.647. The lowest BCUT2D eigenvalue weighted by atomic mass is 10.1. The van der Waals surface area contributed by atoms with Crippen molar-refractivity contribution in [2.45, 2.75) is 6.54 Å². The first-order valence-corrected chi connectivity index (χ1v) is 8.07. The number of benzene rings is 2. The minimum atomic E-state index is -1.29. The third-order valence-corrected chi connectivity index (χ3v) is 3.99. The van der Waals surface area contributed by atoms with E-state index in [-0.39, 0.29) is 12.2 Å². The van der Waals surface area contributed by atoms with Gasteiger partial charge in [0.05, 0.1) is 19.3 Å². The molecular weight excluding hydrogens is 353 g/mol. The Balaban J connectivity index is 1.82. The van der Waals surface area contributed by atoms with Gasteiger partial charge in [0.1, 0.15) is 11.6 Å². The van der Waals surface area contributed by atoms with E-state index in [0.29, 0.717) is 11.3 Å². The molecule has 1 saturated heterocycles. The van der Waals surface area contributed by atoms with Crippen molar-refractivity contribution >= 4 is 29.7 Å². The van der Waals surface area contributed by atoms with E-state index >= 15 is 0 Å². The fourth-order valence-electron chi connectivity index (χ4n) is 2.60. The van der Waals surface area contributed by atoms with Crippen LogP contribution in [0.5, 0.6) is 5.75 Å². The molecule has 1 N–H and O–H groups in total. The van der Waals surface area contributed by atoms with E-state index in [0.717, 1.165) is 11.1 Å². The average Bonchev–Trinajstić information content (AvgIpc) is 2.65. The molecule has 1 aliphatic heterocycles. The number of barbiturate groups is 1. The van der Waals surface area contributed by atoms with Crippen molar-refractivity contribution < 1.29 is 23.5 Å². The largest absolute Gasteiger partial charge is 0.497 e. The maximum atomic E-state index is 13.6. The number of halogens is 1. The Labute approximate surface area is 154 Å². The number of aliphatic imine (C=N–C) groups is 1. The number of hydrogen-bond acceptors (Lipinski definition) is 5. The first kappa shape index (κ1) is 18.2. The van der Waals surface area contributed by atoms with Crippen LogP contribution in [0.25, 0.3) is 0 Å². The molecule has 0 unspecified atom stereocenters. The molecular formula is C19H16FN3O4. The standard InChI is InChI=1S/C19H16FN3O4/c1-27-14-7-4-6-13(9-14)23-18(25)15(17(24)22-19(23)26)11-21-10-12-5-2-3-8-16(12)20/h2-9,11,15H,10H2,1H3,(H,22,24,26)/t15-/m0/s1. The smallest absolute Gasteiger partial charge is 0.335 e. The number of imide groups is 2. The number of ether oxygens (including phenoxy) is 1. The summed E-state index contributed by atoms with van der Waals surface area (Å²) in [5, 5.41) is 2.13. The highest BCUT2D eigenvalue weighted by molar-refractivity contribution is 6.32. The predicted molar refractivity (Wildman–Crippen MR) is 96.1 cm³/mol. The molecule has 0 saturated carbocycles. The molecule has 7 nitrogen and oxygen atoms in total. The van der Waals surface area contributed by atoms with Crippen LogP contribution >= 0.6 is 0 Å². The van der Waals surface area contributed by atoms with E-state index < -0.39 is 29.6 Å². The lowest BCUT2D eigenvalue weighted by Crippen LogP contribution is -2.58. The normalized spacial score (nSPS) is 17.3. The summed E-state index contributed by atoms with van der Waals surface area (Å²) in [6, 6.07) is 11.5. The second kappa shape index (κ2) is 7.77. The molecule has 4 amide bonds. The molecule has 1 heterocycles. The number of methoxy groups -OCH3 is 1. The van der Waals surface area contributed by atoms with E-state index in [4.69, 9.17) is 4.74 Å². The molecule has 0 aliphatic carbocycles. The second-order valence-corrected chi connectivity index (χ2v) is 5.73. The van der Waals surface area contributed by atoms with Gasteiger partial charge in [0.2, 0.25) is 5.91 Å². The first-order chi connectivity index (χ1) is 13.0. The summed E-state index contributed by atoms with van der Waals surface area (Å²) in [5.74, 6) is -2.78. The number of anilines is 1. The molecule has 1 fully saturated rings. The van der Waals surface area contributed by atoms with Gasteiger partial charge in [0.15, 0.2) is 5.92 Å². The molecule has 1 aliphatic rings. The summed E-state index contributed by atoms with van der Waals surface area (Å²) in [6.45, 7) is -0.0309. The van der Waals surface area contributed by atoms with Crippen LogP contribution < -0.4 is 15.0 Å². The summed E-state index contributed by atoms with van der Waals surface area (Å²) in [6.07, 6.45) is 1.13. The summed E-state index contributed by atoms with van der Waals surface area (Å²) in [5.41, 5.74) is 0.593. The van der Waals surface area contributed by atoms with Crippen LogP contribution in [0.15, 0.2) is 53.5 Å². The molecule has 0 radical (unpaired) electrons. The zero-order valence-electron chi connectivity index (χ0n) is 14.4. The minimum Gasteiger partial charge on any atom is -0.497 e. The van der Waals surface area contributed by atoms with Gasteiger partial charge in [-0.25, -0.2) is 14.1 Å². The molecule has 8 heteroatoms. The maximum absolute atomic E-state index is 13.6. The number of amides is 4. The fraction of sp³-hybridized carbons (Fsp3) is 0.158. The lowest BCUT2D eigenvalue weighted by molar-refractivity contribution is -0.131. The zero-order chi connectivity index (χ0) is 19.4. The Morgan fingerprint density at radius 3 is 2.70 bits per heavy atom. The molecule has 27 heavy (non-hydrogen) atoms. The van der Waals surface area contributed by atoms with Crippen molar-refractivity contribution in [1.29, 1.82) is 0 Å². The van der Waals surface area contributed by atoms with Gasteiger partial charge in [-0.05, 0) is 18.2 Å². The summed E-state index contributed by atoms with van der Waals surface area (Å²) in [4.78, 5) is 41.7. The number of nitrogens with zero attached hydrogens (tertiary/aromatic N) is 2. The van der Waals surface area contributed by atoms with Gasteiger partial charge in [0, 0.05) is 17.8 Å². The van der Waals surface area contributed by atoms with Crippen molar-refractivity contribution in [2.24, 2.45) is 10.9 Å². The van der Waals surface area contributed by atoms with Gasteiger partial charge in [-0.2, -0.15) is 0 Å². The van der Waals surface area contributed by atoms with E-state index in [2.05, 4.69) is 10.3 Å². The Morgan fingerprint density at radius 2 is 1.96 bits per heavy atom. The van der Waals surface area contributed by atoms with Gasteiger partial charge in [-0.3, -0.25) is 19.9 Å². The molecule has 3 rings (SSSR count). The number of rotatable bonds is 5.